The van der Waals surface area contributed by atoms with Crippen molar-refractivity contribution in [1.29, 1.82) is 0 Å². The molecule has 2 N–H and O–H groups in total. The smallest absolute Gasteiger partial charge is 0.303 e. The number of carbonyl (C=O) groups excluding carboxylic acids is 5. The van der Waals surface area contributed by atoms with Crippen LogP contribution in [0.25, 0.3) is 17.0 Å². The number of ether oxygens (including phenoxy) is 9. The van der Waals surface area contributed by atoms with E-state index >= 15 is 0 Å². The molecule has 5 atom stereocenters. The number of nitrogens with one attached hydrogen (secondary N) is 1. The van der Waals surface area contributed by atoms with E-state index in [1.165, 1.54) is 56.2 Å². The zero-order chi connectivity index (χ0) is 44.8. The number of esters is 4. The van der Waals surface area contributed by atoms with E-state index in [0.29, 0.717) is 17.4 Å². The molecule has 1 amide bonds. The van der Waals surface area contributed by atoms with Gasteiger partial charge in [-0.3, -0.25) is 28.8 Å². The summed E-state index contributed by atoms with van der Waals surface area (Å²) in [5.74, 6) is -3.97. The number of amides is 1. The third-order valence-electron chi connectivity index (χ3n) is 9.43. The number of benzene rings is 2. The van der Waals surface area contributed by atoms with Gasteiger partial charge in [0.2, 0.25) is 29.8 Å². The quantitative estimate of drug-likeness (QED) is 0.0652. The van der Waals surface area contributed by atoms with Crippen molar-refractivity contribution in [1.82, 2.24) is 4.57 Å². The Labute approximate surface area is 352 Å². The molecule has 0 radical (unpaired) electrons. The molecule has 0 spiro atoms. The van der Waals surface area contributed by atoms with Gasteiger partial charge in [-0.1, -0.05) is 39.0 Å². The molecule has 1 aliphatic rings. The average molecular weight is 855 g/mol. The molecule has 0 saturated carbocycles. The molecule has 0 unspecified atom stereocenters. The molecule has 3 aromatic rings. The third-order valence-corrected chi connectivity index (χ3v) is 9.43. The number of hydrogen-bond acceptors (Lipinski definition) is 16. The van der Waals surface area contributed by atoms with Gasteiger partial charge < -0.3 is 57.6 Å². The Morgan fingerprint density at radius 1 is 0.803 bits per heavy atom. The first-order valence-electron chi connectivity index (χ1n) is 19.8. The van der Waals surface area contributed by atoms with Crippen molar-refractivity contribution in [3.05, 3.63) is 52.3 Å². The van der Waals surface area contributed by atoms with Crippen LogP contribution in [0.4, 0.5) is 5.69 Å². The molecule has 0 bridgehead atoms. The lowest BCUT2D eigenvalue weighted by molar-refractivity contribution is -0.288. The van der Waals surface area contributed by atoms with Crippen LogP contribution in [-0.2, 0) is 54.7 Å². The Kier molecular flexibility index (Phi) is 17.4. The minimum absolute atomic E-state index is 0.140. The summed E-state index contributed by atoms with van der Waals surface area (Å²) in [6.07, 6.45) is 0.855. The maximum atomic E-state index is 14.2. The number of methoxy groups -OCH3 is 2. The maximum absolute atomic E-state index is 14.2. The van der Waals surface area contributed by atoms with Gasteiger partial charge in [0, 0.05) is 51.9 Å². The second-order valence-electron chi connectivity index (χ2n) is 14.2. The minimum Gasteiger partial charge on any atom is -0.502 e. The molecule has 61 heavy (non-hydrogen) atoms. The second kappa shape index (κ2) is 22.3. The number of hydrogen-bond donors (Lipinski definition) is 2. The molecule has 4 rings (SSSR count). The predicted octanol–water partition coefficient (Wildman–Crippen LogP) is 5.11. The summed E-state index contributed by atoms with van der Waals surface area (Å²) in [5.41, 5.74) is 0.433. The molecular weight excluding hydrogens is 800 g/mol. The van der Waals surface area contributed by atoms with Crippen LogP contribution < -0.4 is 29.8 Å². The predicted molar refractivity (Wildman–Crippen MR) is 220 cm³/mol. The largest absolute Gasteiger partial charge is 0.502 e. The highest BCUT2D eigenvalue weighted by Gasteiger charge is 2.53. The summed E-state index contributed by atoms with van der Waals surface area (Å²) in [4.78, 5) is 76.5. The van der Waals surface area contributed by atoms with Crippen LogP contribution >= 0.6 is 0 Å². The molecular formula is C43H54N2O16. The maximum Gasteiger partial charge on any atom is 0.303 e. The zero-order valence-corrected chi connectivity index (χ0v) is 35.6. The summed E-state index contributed by atoms with van der Waals surface area (Å²) in [7, 11) is 4.27. The lowest BCUT2D eigenvalue weighted by atomic mass is 9.98. The number of rotatable bonds is 20. The van der Waals surface area contributed by atoms with Crippen LogP contribution in [0, 0.1) is 0 Å². The van der Waals surface area contributed by atoms with Crippen molar-refractivity contribution in [3.8, 4) is 28.7 Å². The molecule has 0 aliphatic carbocycles. The number of aromatic nitrogens is 1. The van der Waals surface area contributed by atoms with Crippen molar-refractivity contribution in [3.63, 3.8) is 0 Å². The van der Waals surface area contributed by atoms with Gasteiger partial charge in [0.05, 0.1) is 26.3 Å². The number of unbranched alkanes of at least 4 members (excludes halogenated alkanes) is 5. The normalized spacial score (nSPS) is 18.5. The van der Waals surface area contributed by atoms with Crippen molar-refractivity contribution in [2.75, 3.05) is 32.8 Å². The molecule has 2 heterocycles. The van der Waals surface area contributed by atoms with Crippen molar-refractivity contribution < 1.29 is 71.7 Å². The minimum atomic E-state index is -1.67. The number of carbonyl (C=O) groups is 5. The standard InChI is InChI=1S/C43H54N2O16/c1-9-10-11-12-13-14-19-55-40-37(61-43-41(59-27(5)49)39(58-26(4)48)38(57-25(3)47)34(60-43)23-56-24(2)46)30-17-16-29(22-31(30)45(6)42(40)52)44-35(50)18-15-28-20-32(53-7)36(51)33(21-28)54-8/h15-18,20-22,34,38-39,41,43,51H,9-14,19,23H2,1-8H3,(H,44,50)/t34-,38-,39+,41+,43-/m1/s1. The average Bonchev–Trinajstić information content (AvgIpc) is 3.20. The van der Waals surface area contributed by atoms with Gasteiger partial charge in [-0.2, -0.15) is 0 Å². The van der Waals surface area contributed by atoms with Crippen LogP contribution in [0.3, 0.4) is 0 Å². The molecule has 1 saturated heterocycles. The van der Waals surface area contributed by atoms with E-state index in [1.807, 2.05) is 0 Å². The van der Waals surface area contributed by atoms with E-state index in [4.69, 9.17) is 42.6 Å². The third kappa shape index (κ3) is 12.8. The Bertz CT molecular complexity index is 2120. The highest BCUT2D eigenvalue weighted by molar-refractivity contribution is 6.03. The second-order valence-corrected chi connectivity index (χ2v) is 14.2. The molecule has 2 aromatic carbocycles. The van der Waals surface area contributed by atoms with E-state index in [-0.39, 0.29) is 46.6 Å². The number of aryl methyl sites for hydroxylation is 1. The molecule has 18 heteroatoms. The van der Waals surface area contributed by atoms with Gasteiger partial charge in [0.25, 0.3) is 5.56 Å². The molecule has 1 fully saturated rings. The Hall–Kier alpha value is -6.30. The lowest BCUT2D eigenvalue weighted by Crippen LogP contribution is -2.63. The van der Waals surface area contributed by atoms with Crippen LogP contribution in [0.15, 0.2) is 41.2 Å². The fraction of sp³-hybridized carbons (Fsp3) is 0.488. The first kappa shape index (κ1) is 47.4. The van der Waals surface area contributed by atoms with E-state index in [2.05, 4.69) is 12.2 Å². The number of fused-ring (bicyclic) bond motifs is 1. The van der Waals surface area contributed by atoms with E-state index in [0.717, 1.165) is 59.8 Å². The molecule has 1 aliphatic heterocycles. The van der Waals surface area contributed by atoms with E-state index < -0.39 is 72.7 Å². The van der Waals surface area contributed by atoms with Crippen LogP contribution in [0.1, 0.15) is 78.7 Å². The first-order valence-corrected chi connectivity index (χ1v) is 19.8. The number of phenols is 1. The number of aromatic hydroxyl groups is 1. The summed E-state index contributed by atoms with van der Waals surface area (Å²) >= 11 is 0. The van der Waals surface area contributed by atoms with E-state index in [9.17, 15) is 33.9 Å². The van der Waals surface area contributed by atoms with Gasteiger partial charge in [0.15, 0.2) is 29.5 Å². The number of anilines is 1. The fourth-order valence-corrected chi connectivity index (χ4v) is 6.63. The van der Waals surface area contributed by atoms with Gasteiger partial charge >= 0.3 is 23.9 Å². The summed E-state index contributed by atoms with van der Waals surface area (Å²) in [5, 5.41) is 13.3. The van der Waals surface area contributed by atoms with Crippen LogP contribution in [0.2, 0.25) is 0 Å². The van der Waals surface area contributed by atoms with Crippen molar-refractivity contribution >= 4 is 52.5 Å². The van der Waals surface area contributed by atoms with Gasteiger partial charge in [-0.15, -0.1) is 0 Å². The molecule has 18 nitrogen and oxygen atoms in total. The molecule has 332 valence electrons. The zero-order valence-electron chi connectivity index (χ0n) is 35.6. The fourth-order valence-electron chi connectivity index (χ4n) is 6.63. The summed E-state index contributed by atoms with van der Waals surface area (Å²) in [6.45, 7) is 6.21. The highest BCUT2D eigenvalue weighted by atomic mass is 16.7. The Balaban J connectivity index is 1.79. The molecule has 1 aromatic heterocycles. The number of pyridine rings is 1. The highest BCUT2D eigenvalue weighted by Crippen LogP contribution is 2.39. The van der Waals surface area contributed by atoms with Crippen LogP contribution in [-0.4, -0.2) is 97.6 Å². The van der Waals surface area contributed by atoms with E-state index in [1.54, 1.807) is 12.1 Å². The number of phenolic OH excluding ortho intramolecular Hbond substituents is 1. The number of nitrogens with zero attached hydrogens (tertiary/aromatic N) is 1. The Morgan fingerprint density at radius 2 is 1.41 bits per heavy atom. The topological polar surface area (TPSA) is 223 Å². The van der Waals surface area contributed by atoms with Crippen LogP contribution in [0.5, 0.6) is 28.7 Å². The SMILES string of the molecule is CCCCCCCCOc1c(O[C@H]2O[C@H](COC(C)=O)[C@@H](OC(C)=O)[C@H](OC(C)=O)[C@@H]2OC(C)=O)c2ccc(NC(=O)C=Cc3cc(OC)c(O)c(OC)c3)cc2n(C)c1=O. The summed E-state index contributed by atoms with van der Waals surface area (Å²) in [6, 6.07) is 7.70. The monoisotopic (exact) mass is 854 g/mol. The van der Waals surface area contributed by atoms with Crippen molar-refractivity contribution in [2.45, 2.75) is 104 Å². The summed E-state index contributed by atoms with van der Waals surface area (Å²) < 4.78 is 52.4. The van der Waals surface area contributed by atoms with Gasteiger partial charge in [-0.25, -0.2) is 0 Å². The van der Waals surface area contributed by atoms with Gasteiger partial charge in [-0.05, 0) is 48.4 Å². The first-order chi connectivity index (χ1) is 29.1. The Morgan fingerprint density at radius 3 is 2.02 bits per heavy atom. The van der Waals surface area contributed by atoms with Crippen molar-refractivity contribution in [2.24, 2.45) is 7.05 Å². The van der Waals surface area contributed by atoms with Gasteiger partial charge in [0.1, 0.15) is 12.7 Å². The lowest BCUT2D eigenvalue weighted by Gasteiger charge is -2.44.